The molecule has 0 aliphatic carbocycles. The van der Waals surface area contributed by atoms with Gasteiger partial charge in [0.15, 0.2) is 5.65 Å². The minimum Gasteiger partial charge on any atom is -0.277 e. The Morgan fingerprint density at radius 2 is 1.96 bits per heavy atom. The van der Waals surface area contributed by atoms with Gasteiger partial charge in [-0.3, -0.25) is 13.9 Å². The molecule has 3 aromatic rings. The minimum absolute atomic E-state index is 0.0105. The van der Waals surface area contributed by atoms with Crippen LogP contribution in [0, 0.1) is 11.3 Å². The molecule has 0 bridgehead atoms. The lowest BCUT2D eigenvalue weighted by atomic mass is 10.2. The molecule has 144 valence electrons. The fourth-order valence-corrected chi connectivity index (χ4v) is 3.65. The van der Waals surface area contributed by atoms with Crippen LogP contribution in [-0.2, 0) is 13.6 Å². The van der Waals surface area contributed by atoms with E-state index in [4.69, 9.17) is 5.26 Å². The average molecular weight is 396 g/mol. The molecular weight excluding hydrogens is 376 g/mol. The summed E-state index contributed by atoms with van der Waals surface area (Å²) >= 11 is 1.19. The Kier molecular flexibility index (Phi) is 5.61. The summed E-state index contributed by atoms with van der Waals surface area (Å²) in [4.78, 5) is 38.9. The second-order valence-corrected chi connectivity index (χ2v) is 7.62. The maximum atomic E-state index is 12.9. The first-order valence-corrected chi connectivity index (χ1v) is 9.75. The number of hydrogen-bond acceptors (Lipinski definition) is 7. The van der Waals surface area contributed by atoms with Gasteiger partial charge in [-0.1, -0.05) is 26.8 Å². The van der Waals surface area contributed by atoms with Crippen molar-refractivity contribution in [3.8, 4) is 6.07 Å². The highest BCUT2D eigenvalue weighted by Gasteiger charge is 2.20. The lowest BCUT2D eigenvalue weighted by Gasteiger charge is -2.14. The lowest BCUT2D eigenvalue weighted by molar-refractivity contribution is 0.603. The first-order chi connectivity index (χ1) is 13.4. The highest BCUT2D eigenvalue weighted by molar-refractivity contribution is 7.99. The fraction of sp³-hybridized carbons (Fsp3) is 0.368. The van der Waals surface area contributed by atoms with Crippen molar-refractivity contribution in [2.45, 2.75) is 49.7 Å². The molecule has 0 spiro atoms. The minimum atomic E-state index is -0.443. The summed E-state index contributed by atoms with van der Waals surface area (Å²) < 4.78 is 2.60. The second kappa shape index (κ2) is 7.94. The van der Waals surface area contributed by atoms with Crippen molar-refractivity contribution in [1.29, 1.82) is 5.26 Å². The van der Waals surface area contributed by atoms with Gasteiger partial charge in [-0.2, -0.15) is 5.26 Å². The molecule has 0 fully saturated rings. The third kappa shape index (κ3) is 3.55. The third-order valence-corrected chi connectivity index (χ3v) is 5.09. The highest BCUT2D eigenvalue weighted by atomic mass is 32.2. The van der Waals surface area contributed by atoms with Crippen LogP contribution in [0.4, 0.5) is 0 Å². The first kappa shape index (κ1) is 19.8. The smallest absolute Gasteiger partial charge is 0.277 e. The monoisotopic (exact) mass is 396 g/mol. The first-order valence-electron chi connectivity index (χ1n) is 8.93. The van der Waals surface area contributed by atoms with Crippen molar-refractivity contribution < 1.29 is 0 Å². The molecule has 8 nitrogen and oxygen atoms in total. The van der Waals surface area contributed by atoms with E-state index >= 15 is 0 Å². The Hall–Kier alpha value is -2.99. The van der Waals surface area contributed by atoms with Gasteiger partial charge >= 0.3 is 5.69 Å². The van der Waals surface area contributed by atoms with Crippen LogP contribution < -0.4 is 11.2 Å². The Labute approximate surface area is 165 Å². The van der Waals surface area contributed by atoms with Crippen LogP contribution in [0.1, 0.15) is 44.6 Å². The van der Waals surface area contributed by atoms with Gasteiger partial charge < -0.3 is 0 Å². The van der Waals surface area contributed by atoms with Crippen molar-refractivity contribution in [1.82, 2.24) is 24.1 Å². The summed E-state index contributed by atoms with van der Waals surface area (Å²) in [5.41, 5.74) is -0.217. The number of fused-ring (bicyclic) bond motifs is 1. The van der Waals surface area contributed by atoms with Crippen LogP contribution in [0.5, 0.6) is 0 Å². The van der Waals surface area contributed by atoms with Crippen LogP contribution >= 0.6 is 11.8 Å². The summed E-state index contributed by atoms with van der Waals surface area (Å²) in [6.07, 6.45) is 0.725. The number of hydrogen-bond donors (Lipinski definition) is 0. The predicted molar refractivity (Wildman–Crippen MR) is 106 cm³/mol. The van der Waals surface area contributed by atoms with Gasteiger partial charge in [-0.15, -0.1) is 0 Å². The Morgan fingerprint density at radius 3 is 2.61 bits per heavy atom. The zero-order chi connectivity index (χ0) is 20.4. The van der Waals surface area contributed by atoms with Crippen LogP contribution in [0.15, 0.2) is 37.8 Å². The number of aryl methyl sites for hydroxylation is 1. The van der Waals surface area contributed by atoms with E-state index in [0.717, 1.165) is 11.0 Å². The number of rotatable bonds is 5. The van der Waals surface area contributed by atoms with Gasteiger partial charge in [0, 0.05) is 19.5 Å². The molecule has 0 aliphatic rings. The van der Waals surface area contributed by atoms with Crippen molar-refractivity contribution in [2.75, 3.05) is 0 Å². The Balaban J connectivity index is 2.36. The Morgan fingerprint density at radius 1 is 1.21 bits per heavy atom. The topological polar surface area (TPSA) is 106 Å². The molecule has 0 saturated heterocycles. The van der Waals surface area contributed by atoms with E-state index in [1.165, 1.54) is 23.4 Å². The standard InChI is InChI=1S/C19H20N6O2S/c1-5-9-25-16-14(18(26)24(4)19(25)27)17(23-15(22-16)11(2)3)28-13-8-6-7-12(10-20)21-13/h6-8,11H,5,9H2,1-4H3. The zero-order valence-corrected chi connectivity index (χ0v) is 16.9. The zero-order valence-electron chi connectivity index (χ0n) is 16.1. The molecule has 0 atom stereocenters. The lowest BCUT2D eigenvalue weighted by Crippen LogP contribution is -2.39. The molecular formula is C19H20N6O2S. The van der Waals surface area contributed by atoms with E-state index in [9.17, 15) is 9.59 Å². The van der Waals surface area contributed by atoms with Gasteiger partial charge in [0.25, 0.3) is 5.56 Å². The summed E-state index contributed by atoms with van der Waals surface area (Å²) in [5, 5.41) is 10.3. The maximum Gasteiger partial charge on any atom is 0.332 e. The quantitative estimate of drug-likeness (QED) is 0.610. The molecule has 9 heteroatoms. The molecule has 0 unspecified atom stereocenters. The van der Waals surface area contributed by atoms with Crippen LogP contribution in [0.2, 0.25) is 0 Å². The number of nitriles is 1. The molecule has 3 aromatic heterocycles. The predicted octanol–water partition coefficient (Wildman–Crippen LogP) is 2.44. The van der Waals surface area contributed by atoms with Crippen molar-refractivity contribution >= 4 is 22.8 Å². The van der Waals surface area contributed by atoms with Crippen LogP contribution in [-0.4, -0.2) is 24.1 Å². The van der Waals surface area contributed by atoms with Gasteiger partial charge in [-0.25, -0.2) is 19.7 Å². The molecule has 0 saturated carbocycles. The Bertz CT molecular complexity index is 1210. The molecule has 0 radical (unpaired) electrons. The van der Waals surface area contributed by atoms with Crippen molar-refractivity contribution in [3.05, 3.63) is 50.6 Å². The molecule has 0 aliphatic heterocycles. The van der Waals surface area contributed by atoms with Crippen molar-refractivity contribution in [3.63, 3.8) is 0 Å². The van der Waals surface area contributed by atoms with Crippen LogP contribution in [0.3, 0.4) is 0 Å². The van der Waals surface area contributed by atoms with Gasteiger partial charge in [0.1, 0.15) is 33.0 Å². The molecule has 3 heterocycles. The van der Waals surface area contributed by atoms with E-state index in [1.54, 1.807) is 18.2 Å². The van der Waals surface area contributed by atoms with Crippen molar-refractivity contribution in [2.24, 2.45) is 7.05 Å². The molecule has 3 rings (SSSR count). The van der Waals surface area contributed by atoms with Gasteiger partial charge in [0.2, 0.25) is 0 Å². The number of pyridine rings is 1. The highest BCUT2D eigenvalue weighted by Crippen LogP contribution is 2.30. The van der Waals surface area contributed by atoms with E-state index in [2.05, 4.69) is 15.0 Å². The van der Waals surface area contributed by atoms with E-state index in [0.29, 0.717) is 28.1 Å². The summed E-state index contributed by atoms with van der Waals surface area (Å²) in [6, 6.07) is 7.09. The van der Waals surface area contributed by atoms with E-state index in [-0.39, 0.29) is 17.0 Å². The maximum absolute atomic E-state index is 12.9. The summed E-state index contributed by atoms with van der Waals surface area (Å²) in [6.45, 7) is 6.31. The fourth-order valence-electron chi connectivity index (χ4n) is 2.74. The molecule has 0 amide bonds. The molecule has 28 heavy (non-hydrogen) atoms. The second-order valence-electron chi connectivity index (χ2n) is 6.61. The SMILES string of the molecule is CCCn1c(=O)n(C)c(=O)c2c(Sc3cccc(C#N)n3)nc(C(C)C)nc21. The average Bonchev–Trinajstić information content (AvgIpc) is 2.69. The van der Waals surface area contributed by atoms with E-state index in [1.807, 2.05) is 26.8 Å². The summed E-state index contributed by atoms with van der Waals surface area (Å²) in [7, 11) is 1.45. The largest absolute Gasteiger partial charge is 0.332 e. The van der Waals surface area contributed by atoms with Gasteiger partial charge in [0.05, 0.1) is 0 Å². The van der Waals surface area contributed by atoms with E-state index < -0.39 is 11.2 Å². The number of aromatic nitrogens is 5. The normalized spacial score (nSPS) is 11.1. The molecule has 0 N–H and O–H groups in total. The number of nitrogens with zero attached hydrogens (tertiary/aromatic N) is 6. The van der Waals surface area contributed by atoms with Gasteiger partial charge in [-0.05, 0) is 30.3 Å². The van der Waals surface area contributed by atoms with Crippen LogP contribution in [0.25, 0.3) is 11.0 Å². The summed E-state index contributed by atoms with van der Waals surface area (Å²) in [5.74, 6) is 0.556. The third-order valence-electron chi connectivity index (χ3n) is 4.17. The molecule has 0 aromatic carbocycles.